The predicted octanol–water partition coefficient (Wildman–Crippen LogP) is 5.08. The van der Waals surface area contributed by atoms with Crippen LogP contribution in [0.4, 0.5) is 5.69 Å². The van der Waals surface area contributed by atoms with Crippen LogP contribution in [0.15, 0.2) is 48.5 Å². The Labute approximate surface area is 172 Å². The molecular formula is C24H29NO4. The maximum Gasteiger partial charge on any atom is 0.335 e. The van der Waals surface area contributed by atoms with Gasteiger partial charge in [0.1, 0.15) is 12.4 Å². The smallest absolute Gasteiger partial charge is 0.335 e. The van der Waals surface area contributed by atoms with Gasteiger partial charge in [0.25, 0.3) is 0 Å². The van der Waals surface area contributed by atoms with Crippen molar-refractivity contribution in [2.24, 2.45) is 0 Å². The normalized spacial score (nSPS) is 16.2. The first-order chi connectivity index (χ1) is 14.1. The highest BCUT2D eigenvalue weighted by molar-refractivity contribution is 5.96. The summed E-state index contributed by atoms with van der Waals surface area (Å²) in [5.74, 6) is -0.231. The number of hydrogen-bond donors (Lipinski definition) is 1. The van der Waals surface area contributed by atoms with Crippen molar-refractivity contribution in [3.05, 3.63) is 59.7 Å². The topological polar surface area (TPSA) is 66.8 Å². The number of carbonyl (C=O) groups excluding carboxylic acids is 1. The number of anilines is 1. The van der Waals surface area contributed by atoms with Gasteiger partial charge in [-0.1, -0.05) is 38.3 Å². The molecule has 0 aromatic heterocycles. The molecule has 1 aliphatic heterocycles. The first-order valence-electron chi connectivity index (χ1n) is 10.5. The van der Waals surface area contributed by atoms with E-state index in [4.69, 9.17) is 9.84 Å². The molecule has 1 unspecified atom stereocenters. The Kier molecular flexibility index (Phi) is 7.28. The minimum atomic E-state index is -0.960. The van der Waals surface area contributed by atoms with Gasteiger partial charge in [0.15, 0.2) is 0 Å². The Morgan fingerprint density at radius 1 is 1.07 bits per heavy atom. The molecule has 1 N–H and O–H groups in total. The van der Waals surface area contributed by atoms with Crippen LogP contribution in [0.3, 0.4) is 0 Å². The molecule has 1 amide bonds. The first kappa shape index (κ1) is 20.9. The summed E-state index contributed by atoms with van der Waals surface area (Å²) in [6.07, 6.45) is 7.33. The van der Waals surface area contributed by atoms with Crippen LogP contribution in [0.5, 0.6) is 5.75 Å². The van der Waals surface area contributed by atoms with Crippen LogP contribution in [-0.2, 0) is 11.2 Å². The highest BCUT2D eigenvalue weighted by Crippen LogP contribution is 2.28. The van der Waals surface area contributed by atoms with Crippen LogP contribution in [0.2, 0.25) is 0 Å². The number of carboxylic acid groups (broad SMARTS) is 1. The van der Waals surface area contributed by atoms with Gasteiger partial charge in [-0.25, -0.2) is 4.79 Å². The number of aromatic carboxylic acids is 1. The number of unbranched alkanes of at least 4 members (excludes halogenated alkanes) is 3. The van der Waals surface area contributed by atoms with Gasteiger partial charge in [-0.15, -0.1) is 0 Å². The van der Waals surface area contributed by atoms with Crippen LogP contribution < -0.4 is 9.64 Å². The second-order valence-corrected chi connectivity index (χ2v) is 7.57. The van der Waals surface area contributed by atoms with Crippen LogP contribution >= 0.6 is 0 Å². The summed E-state index contributed by atoms with van der Waals surface area (Å²) < 4.78 is 5.84. The number of carbonyl (C=O) groups is 2. The van der Waals surface area contributed by atoms with Gasteiger partial charge in [0, 0.05) is 12.1 Å². The van der Waals surface area contributed by atoms with Crippen molar-refractivity contribution in [1.29, 1.82) is 0 Å². The van der Waals surface area contributed by atoms with E-state index in [9.17, 15) is 9.59 Å². The maximum absolute atomic E-state index is 12.5. The molecule has 154 valence electrons. The quantitative estimate of drug-likeness (QED) is 0.570. The minimum Gasteiger partial charge on any atom is -0.491 e. The number of rotatable bonds is 10. The highest BCUT2D eigenvalue weighted by Gasteiger charge is 2.32. The molecule has 0 saturated carbocycles. The van der Waals surface area contributed by atoms with Gasteiger partial charge in [0.2, 0.25) is 5.91 Å². The molecule has 0 spiro atoms. The van der Waals surface area contributed by atoms with Gasteiger partial charge in [0.05, 0.1) is 11.6 Å². The number of ether oxygens (including phenoxy) is 1. The molecule has 29 heavy (non-hydrogen) atoms. The molecule has 5 nitrogen and oxygen atoms in total. The monoisotopic (exact) mass is 395 g/mol. The Bertz CT molecular complexity index is 814. The summed E-state index contributed by atoms with van der Waals surface area (Å²) in [5.41, 5.74) is 2.45. The van der Waals surface area contributed by atoms with Gasteiger partial charge in [-0.05, 0) is 61.2 Å². The molecule has 3 rings (SSSR count). The lowest BCUT2D eigenvalue weighted by Crippen LogP contribution is -2.37. The van der Waals surface area contributed by atoms with E-state index in [1.165, 1.54) is 43.4 Å². The molecule has 1 atom stereocenters. The summed E-state index contributed by atoms with van der Waals surface area (Å²) in [7, 11) is 0. The third kappa shape index (κ3) is 5.59. The van der Waals surface area contributed by atoms with Crippen molar-refractivity contribution in [2.45, 2.75) is 57.9 Å². The van der Waals surface area contributed by atoms with E-state index in [1.807, 2.05) is 17.0 Å². The van der Waals surface area contributed by atoms with E-state index >= 15 is 0 Å². The summed E-state index contributed by atoms with van der Waals surface area (Å²) in [6.45, 7) is 2.60. The standard InChI is InChI=1S/C24H29NO4/c1-2-3-4-5-6-18-7-11-20(12-8-18)25-21(13-16-23(25)26)17-29-22-14-9-19(10-15-22)24(27)28/h7-12,14-15,21H,2-6,13,16-17H2,1H3,(H,27,28). The molecule has 1 saturated heterocycles. The first-order valence-corrected chi connectivity index (χ1v) is 10.5. The Morgan fingerprint density at radius 3 is 2.45 bits per heavy atom. The fourth-order valence-electron chi connectivity index (χ4n) is 3.72. The number of nitrogens with zero attached hydrogens (tertiary/aromatic N) is 1. The van der Waals surface area contributed by atoms with Gasteiger partial charge in [-0.2, -0.15) is 0 Å². The molecule has 2 aromatic rings. The summed E-state index contributed by atoms with van der Waals surface area (Å²) >= 11 is 0. The Hall–Kier alpha value is -2.82. The van der Waals surface area contributed by atoms with Gasteiger partial charge < -0.3 is 14.7 Å². The lowest BCUT2D eigenvalue weighted by atomic mass is 10.1. The number of aryl methyl sites for hydroxylation is 1. The number of carboxylic acids is 1. The summed E-state index contributed by atoms with van der Waals surface area (Å²) in [4.78, 5) is 25.2. The fourth-order valence-corrected chi connectivity index (χ4v) is 3.72. The molecule has 0 bridgehead atoms. The van der Waals surface area contributed by atoms with Crippen molar-refractivity contribution in [1.82, 2.24) is 0 Å². The van der Waals surface area contributed by atoms with Crippen molar-refractivity contribution in [3.63, 3.8) is 0 Å². The third-order valence-electron chi connectivity index (χ3n) is 5.40. The average Bonchev–Trinajstić information content (AvgIpc) is 3.11. The largest absolute Gasteiger partial charge is 0.491 e. The van der Waals surface area contributed by atoms with E-state index in [2.05, 4.69) is 19.1 Å². The third-order valence-corrected chi connectivity index (χ3v) is 5.40. The fraction of sp³-hybridized carbons (Fsp3) is 0.417. The zero-order chi connectivity index (χ0) is 20.6. The lowest BCUT2D eigenvalue weighted by Gasteiger charge is -2.25. The molecule has 0 radical (unpaired) electrons. The maximum atomic E-state index is 12.5. The van der Waals surface area contributed by atoms with Crippen molar-refractivity contribution >= 4 is 17.6 Å². The van der Waals surface area contributed by atoms with Gasteiger partial charge in [-0.3, -0.25) is 4.79 Å². The summed E-state index contributed by atoms with van der Waals surface area (Å²) in [5, 5.41) is 8.97. The number of benzene rings is 2. The average molecular weight is 395 g/mol. The minimum absolute atomic E-state index is 0.0166. The van der Waals surface area contributed by atoms with Crippen molar-refractivity contribution in [3.8, 4) is 5.75 Å². The Morgan fingerprint density at radius 2 is 1.79 bits per heavy atom. The van der Waals surface area contributed by atoms with E-state index < -0.39 is 5.97 Å². The second-order valence-electron chi connectivity index (χ2n) is 7.57. The van der Waals surface area contributed by atoms with Crippen LogP contribution in [0.1, 0.15) is 61.4 Å². The lowest BCUT2D eigenvalue weighted by molar-refractivity contribution is -0.117. The molecule has 2 aromatic carbocycles. The van der Waals surface area contributed by atoms with Crippen LogP contribution in [0, 0.1) is 0 Å². The van der Waals surface area contributed by atoms with Crippen molar-refractivity contribution in [2.75, 3.05) is 11.5 Å². The molecule has 1 aliphatic rings. The van der Waals surface area contributed by atoms with E-state index in [-0.39, 0.29) is 17.5 Å². The molecule has 5 heteroatoms. The van der Waals surface area contributed by atoms with Crippen LogP contribution in [0.25, 0.3) is 0 Å². The van der Waals surface area contributed by atoms with E-state index in [0.29, 0.717) is 18.8 Å². The molecule has 1 heterocycles. The SMILES string of the molecule is CCCCCCc1ccc(N2C(=O)CCC2COc2ccc(C(=O)O)cc2)cc1. The second kappa shape index (κ2) is 10.1. The zero-order valence-corrected chi connectivity index (χ0v) is 17.0. The predicted molar refractivity (Wildman–Crippen MR) is 114 cm³/mol. The number of hydrogen-bond acceptors (Lipinski definition) is 3. The molecule has 0 aliphatic carbocycles. The van der Waals surface area contributed by atoms with Crippen LogP contribution in [-0.4, -0.2) is 29.6 Å². The molecule has 1 fully saturated rings. The van der Waals surface area contributed by atoms with Gasteiger partial charge >= 0.3 is 5.97 Å². The summed E-state index contributed by atoms with van der Waals surface area (Å²) in [6, 6.07) is 14.6. The van der Waals surface area contributed by atoms with Crippen molar-refractivity contribution < 1.29 is 19.4 Å². The zero-order valence-electron chi connectivity index (χ0n) is 17.0. The van der Waals surface area contributed by atoms with E-state index in [0.717, 1.165) is 18.5 Å². The van der Waals surface area contributed by atoms with E-state index in [1.54, 1.807) is 12.1 Å². The Balaban J connectivity index is 1.59. The molecular weight excluding hydrogens is 366 g/mol. The number of amides is 1. The highest BCUT2D eigenvalue weighted by atomic mass is 16.5.